The molecular weight excluding hydrogens is 422 g/mol. The van der Waals surface area contributed by atoms with Gasteiger partial charge in [-0.05, 0) is 68.2 Å². The first-order chi connectivity index (χ1) is 16.2. The van der Waals surface area contributed by atoms with Crippen LogP contribution in [0.2, 0.25) is 0 Å². The molecule has 3 aromatic carbocycles. The Morgan fingerprint density at radius 2 is 1.59 bits per heavy atom. The van der Waals surface area contributed by atoms with Crippen LogP contribution in [0.3, 0.4) is 0 Å². The third kappa shape index (κ3) is 4.21. The summed E-state index contributed by atoms with van der Waals surface area (Å²) in [6.07, 6.45) is 4.29. The Labute approximate surface area is 202 Å². The first-order valence-electron chi connectivity index (χ1n) is 11.6. The first kappa shape index (κ1) is 23.6. The normalized spacial score (nSPS) is 19.1. The van der Waals surface area contributed by atoms with Gasteiger partial charge in [0.1, 0.15) is 0 Å². The van der Waals surface area contributed by atoms with Gasteiger partial charge in [-0.15, -0.1) is 0 Å². The number of methoxy groups -OCH3 is 2. The lowest BCUT2D eigenvalue weighted by Crippen LogP contribution is -2.55. The zero-order valence-corrected chi connectivity index (χ0v) is 20.9. The van der Waals surface area contributed by atoms with Crippen LogP contribution in [-0.4, -0.2) is 25.7 Å². The number of carbonyl (C=O) groups is 1. The minimum atomic E-state index is -0.382. The largest absolute Gasteiger partial charge is 0.493 e. The number of hydrogen-bond acceptors (Lipinski definition) is 3. The average molecular weight is 456 g/mol. The molecule has 1 amide bonds. The molecule has 0 radical (unpaired) electrons. The van der Waals surface area contributed by atoms with Crippen LogP contribution in [0.15, 0.2) is 72.8 Å². The number of hydrogen-bond donors (Lipinski definition) is 0. The van der Waals surface area contributed by atoms with E-state index in [2.05, 4.69) is 70.2 Å². The number of nitrogens with zero attached hydrogens (tertiary/aromatic N) is 1. The first-order valence-corrected chi connectivity index (χ1v) is 11.6. The number of rotatable bonds is 5. The Morgan fingerprint density at radius 3 is 2.26 bits per heavy atom. The van der Waals surface area contributed by atoms with Crippen LogP contribution >= 0.6 is 0 Å². The molecule has 34 heavy (non-hydrogen) atoms. The molecule has 4 rings (SSSR count). The molecular formula is C30H33NO3. The van der Waals surface area contributed by atoms with Crippen LogP contribution in [0.25, 0.3) is 6.08 Å². The number of benzene rings is 3. The van der Waals surface area contributed by atoms with Crippen molar-refractivity contribution in [1.82, 2.24) is 0 Å². The molecule has 1 aliphatic heterocycles. The van der Waals surface area contributed by atoms with Crippen molar-refractivity contribution in [2.24, 2.45) is 0 Å². The summed E-state index contributed by atoms with van der Waals surface area (Å²) in [4.78, 5) is 15.5. The van der Waals surface area contributed by atoms with Crippen molar-refractivity contribution in [1.29, 1.82) is 0 Å². The fraction of sp³-hybridized carbons (Fsp3) is 0.300. The van der Waals surface area contributed by atoms with Crippen molar-refractivity contribution in [2.45, 2.75) is 45.1 Å². The van der Waals surface area contributed by atoms with Crippen molar-refractivity contribution in [3.8, 4) is 11.5 Å². The molecule has 1 heterocycles. The lowest BCUT2D eigenvalue weighted by atomic mass is 9.65. The van der Waals surface area contributed by atoms with E-state index in [0.29, 0.717) is 11.5 Å². The van der Waals surface area contributed by atoms with Gasteiger partial charge in [-0.2, -0.15) is 0 Å². The summed E-state index contributed by atoms with van der Waals surface area (Å²) < 4.78 is 10.7. The van der Waals surface area contributed by atoms with Gasteiger partial charge >= 0.3 is 0 Å². The second-order valence-electron chi connectivity index (χ2n) is 9.83. The Kier molecular flexibility index (Phi) is 6.26. The average Bonchev–Trinajstić information content (AvgIpc) is 2.82. The van der Waals surface area contributed by atoms with Crippen LogP contribution in [-0.2, 0) is 10.2 Å². The van der Waals surface area contributed by atoms with Crippen LogP contribution in [0, 0.1) is 6.92 Å². The number of para-hydroxylation sites is 1. The summed E-state index contributed by atoms with van der Waals surface area (Å²) in [6, 6.07) is 22.7. The molecule has 3 aromatic rings. The maximum Gasteiger partial charge on any atom is 0.251 e. The number of ether oxygens (including phenoxy) is 2. The molecule has 1 aliphatic rings. The molecule has 4 heteroatoms. The van der Waals surface area contributed by atoms with E-state index in [9.17, 15) is 4.79 Å². The summed E-state index contributed by atoms with van der Waals surface area (Å²) in [7, 11) is 3.21. The Hall–Kier alpha value is -3.53. The molecule has 0 N–H and O–H groups in total. The molecule has 0 saturated carbocycles. The molecule has 0 bridgehead atoms. The molecule has 1 atom stereocenters. The lowest BCUT2D eigenvalue weighted by Gasteiger charge is -2.51. The van der Waals surface area contributed by atoms with Gasteiger partial charge < -0.3 is 14.4 Å². The van der Waals surface area contributed by atoms with E-state index < -0.39 is 0 Å². The highest BCUT2D eigenvalue weighted by atomic mass is 16.5. The van der Waals surface area contributed by atoms with Crippen LogP contribution < -0.4 is 14.4 Å². The predicted molar refractivity (Wildman–Crippen MR) is 139 cm³/mol. The Balaban J connectivity index is 1.72. The van der Waals surface area contributed by atoms with Gasteiger partial charge in [-0.1, -0.05) is 61.0 Å². The number of fused-ring (bicyclic) bond motifs is 1. The maximum absolute atomic E-state index is 13.6. The topological polar surface area (TPSA) is 38.8 Å². The van der Waals surface area contributed by atoms with E-state index in [0.717, 1.165) is 17.7 Å². The lowest BCUT2D eigenvalue weighted by molar-refractivity contribution is -0.115. The minimum Gasteiger partial charge on any atom is -0.493 e. The highest BCUT2D eigenvalue weighted by Crippen LogP contribution is 2.50. The summed E-state index contributed by atoms with van der Waals surface area (Å²) in [5, 5.41) is 0. The molecule has 0 fully saturated rings. The Morgan fingerprint density at radius 1 is 0.912 bits per heavy atom. The van der Waals surface area contributed by atoms with Crippen molar-refractivity contribution in [3.05, 3.63) is 95.1 Å². The standard InChI is InChI=1S/C30H33NO3/c1-21-11-15-23(16-12-21)30(4)20-29(2,3)31(25-10-8-7-9-24(25)30)28(32)18-14-22-13-17-26(33-5)27(19-22)34-6/h7-19H,20H2,1-6H3/b18-14+. The van der Waals surface area contributed by atoms with E-state index in [1.54, 1.807) is 20.3 Å². The number of amides is 1. The Bertz CT molecular complexity index is 1230. The fourth-order valence-electron chi connectivity index (χ4n) is 5.30. The third-order valence-corrected chi connectivity index (χ3v) is 6.87. The van der Waals surface area contributed by atoms with Crippen molar-refractivity contribution < 1.29 is 14.3 Å². The molecule has 4 nitrogen and oxygen atoms in total. The van der Waals surface area contributed by atoms with Crippen molar-refractivity contribution >= 4 is 17.7 Å². The van der Waals surface area contributed by atoms with Gasteiger partial charge in [-0.3, -0.25) is 4.79 Å². The molecule has 0 saturated heterocycles. The van der Waals surface area contributed by atoms with Crippen LogP contribution in [0.1, 0.15) is 49.4 Å². The van der Waals surface area contributed by atoms with Gasteiger partial charge in [0.2, 0.25) is 0 Å². The van der Waals surface area contributed by atoms with Crippen LogP contribution in [0.5, 0.6) is 11.5 Å². The smallest absolute Gasteiger partial charge is 0.251 e. The summed E-state index contributed by atoms with van der Waals surface area (Å²) in [5.74, 6) is 1.25. The molecule has 176 valence electrons. The van der Waals surface area contributed by atoms with E-state index in [4.69, 9.17) is 9.47 Å². The van der Waals surface area contributed by atoms with Gasteiger partial charge in [0.05, 0.1) is 14.2 Å². The van der Waals surface area contributed by atoms with Gasteiger partial charge in [-0.25, -0.2) is 0 Å². The van der Waals surface area contributed by atoms with E-state index in [-0.39, 0.29) is 16.9 Å². The number of anilines is 1. The highest BCUT2D eigenvalue weighted by Gasteiger charge is 2.47. The predicted octanol–water partition coefficient (Wildman–Crippen LogP) is 6.55. The number of aryl methyl sites for hydroxylation is 1. The highest BCUT2D eigenvalue weighted by molar-refractivity contribution is 6.06. The summed E-state index contributed by atoms with van der Waals surface area (Å²) in [6.45, 7) is 8.70. The molecule has 1 unspecified atom stereocenters. The SMILES string of the molecule is COc1ccc(/C=C/C(=O)N2c3ccccc3C(C)(c3ccc(C)cc3)CC2(C)C)cc1OC. The fourth-order valence-corrected chi connectivity index (χ4v) is 5.30. The van der Waals surface area contributed by atoms with Gasteiger partial charge in [0.25, 0.3) is 5.91 Å². The monoisotopic (exact) mass is 455 g/mol. The quantitative estimate of drug-likeness (QED) is 0.410. The van der Waals surface area contributed by atoms with E-state index in [1.807, 2.05) is 35.2 Å². The summed E-state index contributed by atoms with van der Waals surface area (Å²) in [5.41, 5.74) is 4.94. The molecule has 0 spiro atoms. The van der Waals surface area contributed by atoms with Crippen LogP contribution in [0.4, 0.5) is 5.69 Å². The van der Waals surface area contributed by atoms with Gasteiger partial charge in [0, 0.05) is 22.7 Å². The zero-order chi connectivity index (χ0) is 24.5. The van der Waals surface area contributed by atoms with Crippen molar-refractivity contribution in [3.63, 3.8) is 0 Å². The maximum atomic E-state index is 13.6. The second kappa shape index (κ2) is 9.02. The van der Waals surface area contributed by atoms with Crippen molar-refractivity contribution in [2.75, 3.05) is 19.1 Å². The molecule has 0 aliphatic carbocycles. The van der Waals surface area contributed by atoms with Gasteiger partial charge in [0.15, 0.2) is 11.5 Å². The minimum absolute atomic E-state index is 0.0433. The van der Waals surface area contributed by atoms with E-state index >= 15 is 0 Å². The second-order valence-corrected chi connectivity index (χ2v) is 9.83. The van der Waals surface area contributed by atoms with E-state index in [1.165, 1.54) is 16.7 Å². The summed E-state index contributed by atoms with van der Waals surface area (Å²) >= 11 is 0. The number of carbonyl (C=O) groups excluding carboxylic acids is 1. The zero-order valence-electron chi connectivity index (χ0n) is 20.9. The molecule has 0 aromatic heterocycles. The third-order valence-electron chi connectivity index (χ3n) is 6.87.